The van der Waals surface area contributed by atoms with Crippen molar-refractivity contribution < 1.29 is 13.2 Å². The third-order valence-electron chi connectivity index (χ3n) is 5.85. The molecular weight excluding hydrogens is 416 g/mol. The van der Waals surface area contributed by atoms with Gasteiger partial charge in [-0.25, -0.2) is 8.42 Å². The average molecular weight is 445 g/mol. The zero-order valence-corrected chi connectivity index (χ0v) is 18.7. The highest BCUT2D eigenvalue weighted by atomic mass is 32.2. The van der Waals surface area contributed by atoms with E-state index in [2.05, 4.69) is 24.3 Å². The maximum absolute atomic E-state index is 13.0. The molecule has 0 bridgehead atoms. The molecule has 0 N–H and O–H groups in total. The Morgan fingerprint density at radius 2 is 1.57 bits per heavy atom. The van der Waals surface area contributed by atoms with Crippen molar-refractivity contribution in [2.75, 3.05) is 31.9 Å². The van der Waals surface area contributed by atoms with Crippen LogP contribution >= 0.6 is 11.8 Å². The summed E-state index contributed by atoms with van der Waals surface area (Å²) in [4.78, 5) is 15.2. The van der Waals surface area contributed by atoms with Gasteiger partial charge in [0.2, 0.25) is 10.0 Å². The molecule has 4 rings (SSSR count). The Bertz CT molecular complexity index is 956. The molecule has 0 saturated carbocycles. The van der Waals surface area contributed by atoms with Crippen molar-refractivity contribution in [3.63, 3.8) is 0 Å². The monoisotopic (exact) mass is 444 g/mol. The Morgan fingerprint density at radius 3 is 2.27 bits per heavy atom. The molecule has 2 aromatic carbocycles. The zero-order valence-electron chi connectivity index (χ0n) is 17.1. The maximum atomic E-state index is 13.0. The highest BCUT2D eigenvalue weighted by Crippen LogP contribution is 2.34. The summed E-state index contributed by atoms with van der Waals surface area (Å²) in [5.74, 6) is 0.874. The summed E-state index contributed by atoms with van der Waals surface area (Å²) in [5.41, 5.74) is 1.86. The molecule has 2 aliphatic heterocycles. The number of nitrogens with zero attached hydrogens (tertiary/aromatic N) is 2. The molecule has 2 heterocycles. The molecule has 7 heteroatoms. The molecule has 2 aromatic rings. The van der Waals surface area contributed by atoms with E-state index in [0.29, 0.717) is 37.0 Å². The molecule has 0 spiro atoms. The van der Waals surface area contributed by atoms with E-state index in [1.165, 1.54) is 5.56 Å². The van der Waals surface area contributed by atoms with Crippen molar-refractivity contribution in [1.29, 1.82) is 0 Å². The van der Waals surface area contributed by atoms with Crippen molar-refractivity contribution in [1.82, 2.24) is 9.21 Å². The Labute approximate surface area is 183 Å². The van der Waals surface area contributed by atoms with E-state index >= 15 is 0 Å². The molecule has 2 saturated heterocycles. The van der Waals surface area contributed by atoms with Gasteiger partial charge in [0.25, 0.3) is 5.91 Å². The molecular formula is C23H28N2O3S2. The van der Waals surface area contributed by atoms with Crippen molar-refractivity contribution in [3.8, 4) is 0 Å². The lowest BCUT2D eigenvalue weighted by Gasteiger charge is -2.26. The maximum Gasteiger partial charge on any atom is 0.253 e. The van der Waals surface area contributed by atoms with Crippen molar-refractivity contribution >= 4 is 27.7 Å². The molecule has 160 valence electrons. The fourth-order valence-corrected chi connectivity index (χ4v) is 6.86. The van der Waals surface area contributed by atoms with Crippen LogP contribution in [-0.2, 0) is 10.0 Å². The molecule has 2 fully saturated rings. The van der Waals surface area contributed by atoms with Gasteiger partial charge in [0, 0.05) is 42.7 Å². The van der Waals surface area contributed by atoms with Gasteiger partial charge in [-0.05, 0) is 49.1 Å². The van der Waals surface area contributed by atoms with E-state index in [-0.39, 0.29) is 10.8 Å². The lowest BCUT2D eigenvalue weighted by atomic mass is 10.1. The molecule has 1 amide bonds. The largest absolute Gasteiger partial charge is 0.338 e. The number of amides is 1. The number of piperidine rings is 1. The summed E-state index contributed by atoms with van der Waals surface area (Å²) >= 11 is 1.90. The summed E-state index contributed by atoms with van der Waals surface area (Å²) in [6.45, 7) is 2.58. The molecule has 5 nitrogen and oxygen atoms in total. The number of benzene rings is 2. The average Bonchev–Trinajstić information content (AvgIpc) is 3.06. The zero-order chi connectivity index (χ0) is 21.0. The van der Waals surface area contributed by atoms with Gasteiger partial charge >= 0.3 is 0 Å². The Morgan fingerprint density at radius 1 is 0.867 bits per heavy atom. The predicted octanol–water partition coefficient (Wildman–Crippen LogP) is 4.18. The molecule has 1 unspecified atom stereocenters. The molecule has 0 aliphatic carbocycles. The predicted molar refractivity (Wildman–Crippen MR) is 121 cm³/mol. The SMILES string of the molecule is O=C(c1ccc(S(=O)(=O)N2CCCCC2)cc1)N1CCSC(c2ccccc2)CC1. The molecule has 0 aromatic heterocycles. The fourth-order valence-electron chi connectivity index (χ4n) is 4.11. The van der Waals surface area contributed by atoms with Gasteiger partial charge in [-0.1, -0.05) is 36.8 Å². The first-order valence-corrected chi connectivity index (χ1v) is 13.1. The molecule has 1 atom stereocenters. The van der Waals surface area contributed by atoms with Gasteiger partial charge in [-0.15, -0.1) is 0 Å². The van der Waals surface area contributed by atoms with Gasteiger partial charge in [0.05, 0.1) is 4.90 Å². The van der Waals surface area contributed by atoms with Crippen LogP contribution in [0, 0.1) is 0 Å². The van der Waals surface area contributed by atoms with Crippen LogP contribution in [0.3, 0.4) is 0 Å². The third kappa shape index (κ3) is 4.74. The molecule has 30 heavy (non-hydrogen) atoms. The van der Waals surface area contributed by atoms with E-state index in [1.54, 1.807) is 28.6 Å². The Hall–Kier alpha value is -1.83. The number of hydrogen-bond donors (Lipinski definition) is 0. The number of carbonyl (C=O) groups is 1. The number of rotatable bonds is 4. The summed E-state index contributed by atoms with van der Waals surface area (Å²) in [6.07, 6.45) is 3.82. The molecule has 2 aliphatic rings. The number of thioether (sulfide) groups is 1. The highest BCUT2D eigenvalue weighted by molar-refractivity contribution is 7.99. The van der Waals surface area contributed by atoms with Crippen molar-refractivity contribution in [2.24, 2.45) is 0 Å². The van der Waals surface area contributed by atoms with E-state index in [0.717, 1.165) is 31.4 Å². The van der Waals surface area contributed by atoms with Crippen molar-refractivity contribution in [2.45, 2.75) is 35.8 Å². The first-order valence-electron chi connectivity index (χ1n) is 10.6. The van der Waals surface area contributed by atoms with Gasteiger partial charge in [-0.3, -0.25) is 4.79 Å². The standard InChI is InChI=1S/C23H28N2O3S2/c26-23(24-16-13-22(29-18-17-24)19-7-3-1-4-8-19)20-9-11-21(12-10-20)30(27,28)25-14-5-2-6-15-25/h1,3-4,7-12,22H,2,5-6,13-18H2. The second kappa shape index (κ2) is 9.54. The number of hydrogen-bond acceptors (Lipinski definition) is 4. The van der Waals surface area contributed by atoms with Crippen LogP contribution in [0.4, 0.5) is 0 Å². The van der Waals surface area contributed by atoms with Crippen LogP contribution in [0.15, 0.2) is 59.5 Å². The summed E-state index contributed by atoms with van der Waals surface area (Å²) in [7, 11) is -3.47. The first kappa shape index (κ1) is 21.4. The second-order valence-corrected chi connectivity index (χ2v) is 11.1. The normalized spacial score (nSPS) is 21.2. The minimum Gasteiger partial charge on any atom is -0.338 e. The fraction of sp³-hybridized carbons (Fsp3) is 0.435. The number of carbonyl (C=O) groups excluding carboxylic acids is 1. The van der Waals surface area contributed by atoms with Crippen LogP contribution in [0.2, 0.25) is 0 Å². The van der Waals surface area contributed by atoms with Crippen LogP contribution < -0.4 is 0 Å². The third-order valence-corrected chi connectivity index (χ3v) is 9.10. The van der Waals surface area contributed by atoms with Gasteiger partial charge < -0.3 is 4.90 Å². The van der Waals surface area contributed by atoms with E-state index in [9.17, 15) is 13.2 Å². The number of sulfonamides is 1. The minimum absolute atomic E-state index is 0.0220. The van der Waals surface area contributed by atoms with Crippen LogP contribution in [-0.4, -0.2) is 55.5 Å². The smallest absolute Gasteiger partial charge is 0.253 e. The van der Waals surface area contributed by atoms with Gasteiger partial charge in [0.1, 0.15) is 0 Å². The van der Waals surface area contributed by atoms with Crippen LogP contribution in [0.1, 0.15) is 46.9 Å². The topological polar surface area (TPSA) is 57.7 Å². The van der Waals surface area contributed by atoms with Crippen LogP contribution in [0.5, 0.6) is 0 Å². The summed E-state index contributed by atoms with van der Waals surface area (Å²) in [6, 6.07) is 16.9. The lowest BCUT2D eigenvalue weighted by molar-refractivity contribution is 0.0766. The van der Waals surface area contributed by atoms with Gasteiger partial charge in [0.15, 0.2) is 0 Å². The van der Waals surface area contributed by atoms with Crippen LogP contribution in [0.25, 0.3) is 0 Å². The second-order valence-electron chi connectivity index (χ2n) is 7.84. The Balaban J connectivity index is 1.42. The summed E-state index contributed by atoms with van der Waals surface area (Å²) in [5, 5.41) is 0.404. The van der Waals surface area contributed by atoms with E-state index in [1.807, 2.05) is 22.7 Å². The lowest BCUT2D eigenvalue weighted by Crippen LogP contribution is -2.35. The van der Waals surface area contributed by atoms with E-state index in [4.69, 9.17) is 0 Å². The first-order chi connectivity index (χ1) is 14.6. The van der Waals surface area contributed by atoms with Crippen molar-refractivity contribution in [3.05, 3.63) is 65.7 Å². The molecule has 0 radical (unpaired) electrons. The van der Waals surface area contributed by atoms with E-state index < -0.39 is 10.0 Å². The highest BCUT2D eigenvalue weighted by Gasteiger charge is 2.27. The Kier molecular flexibility index (Phi) is 6.80. The minimum atomic E-state index is -3.47. The quantitative estimate of drug-likeness (QED) is 0.710. The summed E-state index contributed by atoms with van der Waals surface area (Å²) < 4.78 is 27.2. The van der Waals surface area contributed by atoms with Gasteiger partial charge in [-0.2, -0.15) is 16.1 Å².